The second-order valence-electron chi connectivity index (χ2n) is 5.22. The van der Waals surface area contributed by atoms with Crippen molar-refractivity contribution in [3.63, 3.8) is 0 Å². The molecule has 0 aliphatic heterocycles. The van der Waals surface area contributed by atoms with Crippen LogP contribution in [0.1, 0.15) is 11.1 Å². The molecule has 88 valence electrons. The van der Waals surface area contributed by atoms with Gasteiger partial charge in [-0.1, -0.05) is 60.7 Å². The summed E-state index contributed by atoms with van der Waals surface area (Å²) in [7, 11) is -0.886. The fourth-order valence-electron chi connectivity index (χ4n) is 2.21. The molecule has 0 spiro atoms. The summed E-state index contributed by atoms with van der Waals surface area (Å²) in [5.74, 6) is 0. The first kappa shape index (κ1) is 12.3. The maximum absolute atomic E-state index is 2.45. The van der Waals surface area contributed by atoms with Gasteiger partial charge in [-0.05, 0) is 11.1 Å². The summed E-state index contributed by atoms with van der Waals surface area (Å²) >= 11 is 0. The Balaban J connectivity index is 2.04. The molecule has 0 N–H and O–H groups in total. The molecule has 0 bridgehead atoms. The summed E-state index contributed by atoms with van der Waals surface area (Å²) in [6.07, 6.45) is 2.48. The van der Waals surface area contributed by atoms with Crippen LogP contribution in [-0.2, 0) is 12.3 Å². The van der Waals surface area contributed by atoms with Crippen LogP contribution in [-0.4, -0.2) is 13.3 Å². The summed E-state index contributed by atoms with van der Waals surface area (Å²) in [6, 6.07) is 21.7. The van der Waals surface area contributed by atoms with E-state index in [4.69, 9.17) is 0 Å². The molecule has 0 aromatic heterocycles. The highest BCUT2D eigenvalue weighted by Crippen LogP contribution is 2.57. The second kappa shape index (κ2) is 5.47. The molecule has 2 aromatic rings. The molecule has 0 aliphatic rings. The van der Waals surface area contributed by atoms with Crippen molar-refractivity contribution in [2.75, 3.05) is 13.3 Å². The van der Waals surface area contributed by atoms with Crippen molar-refractivity contribution in [3.8, 4) is 0 Å². The zero-order chi connectivity index (χ0) is 12.1. The molecule has 2 aromatic carbocycles. The number of rotatable bonds is 4. The Morgan fingerprint density at radius 1 is 0.647 bits per heavy atom. The van der Waals surface area contributed by atoms with E-state index in [-0.39, 0.29) is 0 Å². The summed E-state index contributed by atoms with van der Waals surface area (Å²) in [4.78, 5) is 0. The number of hydrogen-bond donors (Lipinski definition) is 0. The fraction of sp³-hybridized carbons (Fsp3) is 0.250. The molecule has 0 fully saturated rings. The van der Waals surface area contributed by atoms with Gasteiger partial charge < -0.3 is 0 Å². The van der Waals surface area contributed by atoms with Crippen LogP contribution in [0.5, 0.6) is 0 Å². The monoisotopic (exact) mass is 243 g/mol. The third-order valence-electron chi connectivity index (χ3n) is 2.91. The average Bonchev–Trinajstić information content (AvgIpc) is 2.30. The van der Waals surface area contributed by atoms with Gasteiger partial charge in [0, 0.05) is 20.6 Å². The lowest BCUT2D eigenvalue weighted by Crippen LogP contribution is -1.97. The standard InChI is InChI=1S/C16H20P/c1-17(2,13-15-9-5-3-6-10-15)14-16-11-7-4-8-12-16/h3-12H,13-14H2,1-2H3/q+1. The molecule has 0 aliphatic carbocycles. The first-order valence-corrected chi connectivity index (χ1v) is 9.11. The fourth-order valence-corrected chi connectivity index (χ4v) is 4.72. The van der Waals surface area contributed by atoms with E-state index in [1.165, 1.54) is 23.5 Å². The van der Waals surface area contributed by atoms with Crippen LogP contribution >= 0.6 is 7.26 Å². The molecule has 0 nitrogen and oxygen atoms in total. The van der Waals surface area contributed by atoms with Crippen LogP contribution in [0.2, 0.25) is 0 Å². The molecular formula is C16H20P+. The Hall–Kier alpha value is -1.13. The van der Waals surface area contributed by atoms with E-state index in [1.807, 2.05) is 0 Å². The van der Waals surface area contributed by atoms with Crippen molar-refractivity contribution in [1.29, 1.82) is 0 Å². The Kier molecular flexibility index (Phi) is 3.97. The van der Waals surface area contributed by atoms with Crippen LogP contribution in [0, 0.1) is 0 Å². The van der Waals surface area contributed by atoms with E-state index in [0.29, 0.717) is 0 Å². The minimum absolute atomic E-state index is 0.886. The lowest BCUT2D eigenvalue weighted by Gasteiger charge is -2.18. The molecule has 0 amide bonds. The van der Waals surface area contributed by atoms with Crippen molar-refractivity contribution in [2.24, 2.45) is 0 Å². The first-order valence-electron chi connectivity index (χ1n) is 6.06. The van der Waals surface area contributed by atoms with Gasteiger partial charge in [-0.3, -0.25) is 0 Å². The van der Waals surface area contributed by atoms with Gasteiger partial charge in [0.25, 0.3) is 0 Å². The highest BCUT2D eigenvalue weighted by Gasteiger charge is 2.25. The van der Waals surface area contributed by atoms with Gasteiger partial charge in [0.2, 0.25) is 0 Å². The Bertz CT molecular complexity index is 402. The molecule has 1 heteroatoms. The van der Waals surface area contributed by atoms with Crippen LogP contribution in [0.4, 0.5) is 0 Å². The zero-order valence-electron chi connectivity index (χ0n) is 10.6. The van der Waals surface area contributed by atoms with E-state index in [1.54, 1.807) is 0 Å². The molecule has 17 heavy (non-hydrogen) atoms. The van der Waals surface area contributed by atoms with Crippen LogP contribution < -0.4 is 0 Å². The van der Waals surface area contributed by atoms with Crippen molar-refractivity contribution in [2.45, 2.75) is 12.3 Å². The maximum atomic E-state index is 2.45. The molecular weight excluding hydrogens is 223 g/mol. The third kappa shape index (κ3) is 3.98. The summed E-state index contributed by atoms with van der Waals surface area (Å²) in [5.41, 5.74) is 2.95. The molecule has 0 unspecified atom stereocenters. The Morgan fingerprint density at radius 3 is 1.35 bits per heavy atom. The highest BCUT2D eigenvalue weighted by molar-refractivity contribution is 7.72. The maximum Gasteiger partial charge on any atom is 0.0840 e. The van der Waals surface area contributed by atoms with E-state index in [2.05, 4.69) is 74.0 Å². The van der Waals surface area contributed by atoms with E-state index >= 15 is 0 Å². The van der Waals surface area contributed by atoms with Crippen molar-refractivity contribution < 1.29 is 0 Å². The van der Waals surface area contributed by atoms with Crippen LogP contribution in [0.25, 0.3) is 0 Å². The van der Waals surface area contributed by atoms with Gasteiger partial charge >= 0.3 is 0 Å². The SMILES string of the molecule is C[P+](C)(Cc1ccccc1)Cc1ccccc1. The molecule has 2 rings (SSSR count). The lowest BCUT2D eigenvalue weighted by atomic mass is 10.2. The van der Waals surface area contributed by atoms with Crippen molar-refractivity contribution in [1.82, 2.24) is 0 Å². The molecule has 0 radical (unpaired) electrons. The molecule has 0 atom stereocenters. The minimum atomic E-state index is -0.886. The summed E-state index contributed by atoms with van der Waals surface area (Å²) in [5, 5.41) is 0. The summed E-state index contributed by atoms with van der Waals surface area (Å²) in [6.45, 7) is 4.90. The summed E-state index contributed by atoms with van der Waals surface area (Å²) < 4.78 is 0. The Labute approximate surface area is 105 Å². The Morgan fingerprint density at radius 2 is 1.00 bits per heavy atom. The topological polar surface area (TPSA) is 0 Å². The number of hydrogen-bond acceptors (Lipinski definition) is 0. The molecule has 0 heterocycles. The normalized spacial score (nSPS) is 11.4. The van der Waals surface area contributed by atoms with Gasteiger partial charge in [0.05, 0.1) is 12.3 Å². The quantitative estimate of drug-likeness (QED) is 0.685. The predicted molar refractivity (Wildman–Crippen MR) is 79.1 cm³/mol. The minimum Gasteiger partial charge on any atom is -0.0622 e. The van der Waals surface area contributed by atoms with Crippen molar-refractivity contribution in [3.05, 3.63) is 71.8 Å². The third-order valence-corrected chi connectivity index (χ3v) is 5.35. The first-order chi connectivity index (χ1) is 8.16. The zero-order valence-corrected chi connectivity index (χ0v) is 11.5. The van der Waals surface area contributed by atoms with Gasteiger partial charge in [-0.25, -0.2) is 0 Å². The highest BCUT2D eigenvalue weighted by atomic mass is 31.2. The average molecular weight is 243 g/mol. The van der Waals surface area contributed by atoms with E-state index in [9.17, 15) is 0 Å². The van der Waals surface area contributed by atoms with Crippen molar-refractivity contribution >= 4 is 7.26 Å². The molecule has 0 saturated carbocycles. The van der Waals surface area contributed by atoms with Gasteiger partial charge in [-0.15, -0.1) is 0 Å². The van der Waals surface area contributed by atoms with Crippen LogP contribution in [0.15, 0.2) is 60.7 Å². The molecule has 0 saturated heterocycles. The van der Waals surface area contributed by atoms with E-state index < -0.39 is 7.26 Å². The predicted octanol–water partition coefficient (Wildman–Crippen LogP) is 4.66. The second-order valence-corrected chi connectivity index (χ2v) is 9.73. The van der Waals surface area contributed by atoms with Gasteiger partial charge in [0.1, 0.15) is 0 Å². The van der Waals surface area contributed by atoms with Gasteiger partial charge in [-0.2, -0.15) is 0 Å². The smallest absolute Gasteiger partial charge is 0.0622 e. The van der Waals surface area contributed by atoms with E-state index in [0.717, 1.165) is 0 Å². The number of benzene rings is 2. The lowest BCUT2D eigenvalue weighted by molar-refractivity contribution is 1.29. The van der Waals surface area contributed by atoms with Crippen LogP contribution in [0.3, 0.4) is 0 Å². The van der Waals surface area contributed by atoms with Gasteiger partial charge in [0.15, 0.2) is 0 Å². The largest absolute Gasteiger partial charge is 0.0840 e.